The lowest BCUT2D eigenvalue weighted by Crippen LogP contribution is -2.52. The minimum absolute atomic E-state index is 0.0197. The molecule has 1 amide bonds. The van der Waals surface area contributed by atoms with Crippen LogP contribution in [-0.4, -0.2) is 17.9 Å². The van der Waals surface area contributed by atoms with Gasteiger partial charge in [0, 0.05) is 5.92 Å². The van der Waals surface area contributed by atoms with Crippen molar-refractivity contribution in [2.24, 2.45) is 17.8 Å². The molecule has 1 fully saturated rings. The number of nitrogens with one attached hydrogen (secondary N) is 1. The van der Waals surface area contributed by atoms with Gasteiger partial charge in [0.15, 0.2) is 0 Å². The summed E-state index contributed by atoms with van der Waals surface area (Å²) in [5.74, 6) is -0.726. The molecule has 0 heterocycles. The molecule has 4 heteroatoms. The molecule has 0 aromatic carbocycles. The summed E-state index contributed by atoms with van der Waals surface area (Å²) in [5, 5.41) is 13.6. The maximum Gasteiger partial charge on any atom is 0.223 e. The lowest BCUT2D eigenvalue weighted by atomic mass is 9.79. The first-order valence-corrected chi connectivity index (χ1v) is 7.46. The van der Waals surface area contributed by atoms with E-state index in [0.717, 1.165) is 31.6 Å². The van der Waals surface area contributed by atoms with E-state index in [0.29, 0.717) is 0 Å². The van der Waals surface area contributed by atoms with Crippen molar-refractivity contribution < 1.29 is 14.7 Å². The van der Waals surface area contributed by atoms with Gasteiger partial charge in [0.05, 0.1) is 12.0 Å². The van der Waals surface area contributed by atoms with Crippen LogP contribution in [0, 0.1) is 17.8 Å². The van der Waals surface area contributed by atoms with E-state index >= 15 is 0 Å². The fourth-order valence-corrected chi connectivity index (χ4v) is 2.89. The lowest BCUT2D eigenvalue weighted by molar-refractivity contribution is -0.309. The number of rotatable bonds is 6. The van der Waals surface area contributed by atoms with Crippen molar-refractivity contribution in [2.75, 3.05) is 0 Å². The zero-order valence-electron chi connectivity index (χ0n) is 12.3. The minimum atomic E-state index is -1.19. The maximum atomic E-state index is 12.1. The predicted octanol–water partition coefficient (Wildman–Crippen LogP) is 1.48. The highest BCUT2D eigenvalue weighted by atomic mass is 16.4. The molecule has 0 saturated heterocycles. The van der Waals surface area contributed by atoms with Crippen LogP contribution in [-0.2, 0) is 9.59 Å². The second-order valence-electron chi connectivity index (χ2n) is 6.06. The van der Waals surface area contributed by atoms with E-state index in [1.54, 1.807) is 13.8 Å². The Hall–Kier alpha value is -1.06. The topological polar surface area (TPSA) is 69.2 Å². The van der Waals surface area contributed by atoms with Crippen molar-refractivity contribution in [3.63, 3.8) is 0 Å². The molecule has 1 rings (SSSR count). The Kier molecular flexibility index (Phi) is 6.32. The van der Waals surface area contributed by atoms with E-state index in [2.05, 4.69) is 12.2 Å². The molecule has 0 radical (unpaired) electrons. The van der Waals surface area contributed by atoms with Crippen LogP contribution in [0.5, 0.6) is 0 Å². The van der Waals surface area contributed by atoms with Gasteiger partial charge in [-0.2, -0.15) is 0 Å². The van der Waals surface area contributed by atoms with Gasteiger partial charge in [-0.3, -0.25) is 4.79 Å². The summed E-state index contributed by atoms with van der Waals surface area (Å²) in [4.78, 5) is 23.1. The third kappa shape index (κ3) is 4.84. The van der Waals surface area contributed by atoms with Crippen molar-refractivity contribution in [2.45, 2.75) is 65.3 Å². The average molecular weight is 268 g/mol. The molecule has 0 aromatic rings. The van der Waals surface area contributed by atoms with E-state index in [4.69, 9.17) is 0 Å². The Balaban J connectivity index is 2.44. The van der Waals surface area contributed by atoms with Gasteiger partial charge < -0.3 is 15.2 Å². The fourth-order valence-electron chi connectivity index (χ4n) is 2.89. The molecule has 1 unspecified atom stereocenters. The highest BCUT2D eigenvalue weighted by molar-refractivity contribution is 5.84. The van der Waals surface area contributed by atoms with Crippen LogP contribution in [0.4, 0.5) is 0 Å². The van der Waals surface area contributed by atoms with Gasteiger partial charge in [-0.25, -0.2) is 0 Å². The molecule has 1 aliphatic carbocycles. The van der Waals surface area contributed by atoms with Crippen LogP contribution >= 0.6 is 0 Å². The van der Waals surface area contributed by atoms with Gasteiger partial charge >= 0.3 is 0 Å². The summed E-state index contributed by atoms with van der Waals surface area (Å²) >= 11 is 0. The normalized spacial score (nSPS) is 25.1. The minimum Gasteiger partial charge on any atom is -0.548 e. The number of carboxylic acids is 1. The smallest absolute Gasteiger partial charge is 0.223 e. The number of hydrogen-bond donors (Lipinski definition) is 1. The zero-order valence-corrected chi connectivity index (χ0v) is 12.3. The van der Waals surface area contributed by atoms with E-state index in [9.17, 15) is 14.7 Å². The van der Waals surface area contributed by atoms with Crippen LogP contribution in [0.2, 0.25) is 0 Å². The molecule has 1 saturated carbocycles. The summed E-state index contributed by atoms with van der Waals surface area (Å²) in [7, 11) is 0. The molecule has 0 aromatic heterocycles. The summed E-state index contributed by atoms with van der Waals surface area (Å²) < 4.78 is 0. The van der Waals surface area contributed by atoms with E-state index in [1.807, 2.05) is 0 Å². The van der Waals surface area contributed by atoms with Crippen molar-refractivity contribution in [3.8, 4) is 0 Å². The summed E-state index contributed by atoms with van der Waals surface area (Å²) in [6, 6.07) is -0.874. The molecular formula is C15H26NO3-. The Labute approximate surface area is 116 Å². The molecule has 4 nitrogen and oxygen atoms in total. The van der Waals surface area contributed by atoms with Crippen molar-refractivity contribution in [1.82, 2.24) is 5.32 Å². The van der Waals surface area contributed by atoms with Crippen LogP contribution in [0.1, 0.15) is 59.3 Å². The number of amides is 1. The largest absolute Gasteiger partial charge is 0.548 e. The van der Waals surface area contributed by atoms with Crippen molar-refractivity contribution in [3.05, 3.63) is 0 Å². The molecule has 0 spiro atoms. The molecule has 1 atom stereocenters. The molecule has 1 aliphatic rings. The lowest BCUT2D eigenvalue weighted by Gasteiger charge is -2.30. The predicted molar refractivity (Wildman–Crippen MR) is 72.1 cm³/mol. The van der Waals surface area contributed by atoms with Crippen LogP contribution in [0.25, 0.3) is 0 Å². The quantitative estimate of drug-likeness (QED) is 0.793. The van der Waals surface area contributed by atoms with E-state index in [1.165, 1.54) is 12.8 Å². The third-order valence-corrected chi connectivity index (χ3v) is 4.13. The highest BCUT2D eigenvalue weighted by Gasteiger charge is 2.28. The van der Waals surface area contributed by atoms with Crippen LogP contribution in [0.15, 0.2) is 0 Å². The second-order valence-corrected chi connectivity index (χ2v) is 6.06. The monoisotopic (exact) mass is 268 g/mol. The molecule has 0 aliphatic heterocycles. The van der Waals surface area contributed by atoms with E-state index < -0.39 is 12.0 Å². The van der Waals surface area contributed by atoms with Gasteiger partial charge in [0.25, 0.3) is 0 Å². The molecule has 110 valence electrons. The molecule has 0 bridgehead atoms. The van der Waals surface area contributed by atoms with Gasteiger partial charge in [0.1, 0.15) is 0 Å². The number of carbonyl (C=O) groups excluding carboxylic acids is 2. The summed E-state index contributed by atoms with van der Waals surface area (Å²) in [6.45, 7) is 5.74. The Morgan fingerprint density at radius 3 is 2.21 bits per heavy atom. The maximum absolute atomic E-state index is 12.1. The number of hydrogen-bond acceptors (Lipinski definition) is 3. The van der Waals surface area contributed by atoms with Crippen molar-refractivity contribution in [1.29, 1.82) is 0 Å². The van der Waals surface area contributed by atoms with Crippen molar-refractivity contribution >= 4 is 11.9 Å². The first kappa shape index (κ1) is 16.0. The Morgan fingerprint density at radius 1 is 1.21 bits per heavy atom. The second kappa shape index (κ2) is 7.51. The fraction of sp³-hybridized carbons (Fsp3) is 0.867. The van der Waals surface area contributed by atoms with Gasteiger partial charge in [0.2, 0.25) is 5.91 Å². The number of aliphatic carboxylic acids is 1. The van der Waals surface area contributed by atoms with Gasteiger partial charge in [-0.05, 0) is 37.5 Å². The van der Waals surface area contributed by atoms with Crippen LogP contribution in [0.3, 0.4) is 0 Å². The molecule has 19 heavy (non-hydrogen) atoms. The number of carbonyl (C=O) groups is 2. The Bertz CT molecular complexity index is 307. The standard InChI is InChI=1S/C15H27NO3/c1-4-5-11-6-8-12(9-7-11)14(17)16-13(10(2)3)15(18)19/h10-13H,4-9H2,1-3H3,(H,16,17)(H,18,19)/p-1. The summed E-state index contributed by atoms with van der Waals surface area (Å²) in [5.41, 5.74) is 0. The molecule has 1 N–H and O–H groups in total. The SMILES string of the molecule is CCCC1CCC(C(=O)NC(C(=O)[O-])C(C)C)CC1. The third-order valence-electron chi connectivity index (χ3n) is 4.13. The zero-order chi connectivity index (χ0) is 14.4. The van der Waals surface area contributed by atoms with E-state index in [-0.39, 0.29) is 17.7 Å². The first-order valence-electron chi connectivity index (χ1n) is 7.46. The Morgan fingerprint density at radius 2 is 1.79 bits per heavy atom. The average Bonchev–Trinajstić information content (AvgIpc) is 2.36. The summed E-state index contributed by atoms with van der Waals surface area (Å²) in [6.07, 6.45) is 6.37. The number of carboxylic acid groups (broad SMARTS) is 1. The van der Waals surface area contributed by atoms with Gasteiger partial charge in [-0.15, -0.1) is 0 Å². The van der Waals surface area contributed by atoms with Gasteiger partial charge in [-0.1, -0.05) is 33.6 Å². The highest BCUT2D eigenvalue weighted by Crippen LogP contribution is 2.31. The van der Waals surface area contributed by atoms with Crippen LogP contribution < -0.4 is 10.4 Å². The molecular weight excluding hydrogens is 242 g/mol. The first-order chi connectivity index (χ1) is 8.95.